The lowest BCUT2D eigenvalue weighted by atomic mass is 9.92. The minimum absolute atomic E-state index is 1.05. The number of anilines is 6. The molecule has 12 rings (SSSR count). The summed E-state index contributed by atoms with van der Waals surface area (Å²) in [6.07, 6.45) is 0. The quantitative estimate of drug-likeness (QED) is 0.114. The Morgan fingerprint density at radius 1 is 0.149 bits per heavy atom. The number of benzene rings is 12. The van der Waals surface area contributed by atoms with Crippen molar-refractivity contribution in [1.29, 1.82) is 0 Å². The van der Waals surface area contributed by atoms with Gasteiger partial charge >= 0.3 is 0 Å². The molecule has 0 radical (unpaired) electrons. The van der Waals surface area contributed by atoms with Crippen molar-refractivity contribution in [3.63, 3.8) is 0 Å². The summed E-state index contributed by atoms with van der Waals surface area (Å²) in [7, 11) is 0. The summed E-state index contributed by atoms with van der Waals surface area (Å²) in [6, 6.07) is 114. The molecule has 0 aromatic heterocycles. The van der Waals surface area contributed by atoms with Crippen LogP contribution >= 0.6 is 0 Å². The first kappa shape index (κ1) is 45.4. The van der Waals surface area contributed by atoms with Gasteiger partial charge in [0, 0.05) is 33.9 Å². The molecule has 0 atom stereocenters. The summed E-state index contributed by atoms with van der Waals surface area (Å²) in [5.41, 5.74) is 22.6. The van der Waals surface area contributed by atoms with Crippen molar-refractivity contribution in [2.24, 2.45) is 0 Å². The molecule has 2 heteroatoms. The van der Waals surface area contributed by atoms with E-state index in [2.05, 4.69) is 325 Å². The van der Waals surface area contributed by atoms with Crippen LogP contribution in [-0.2, 0) is 0 Å². The Kier molecular flexibility index (Phi) is 12.8. The van der Waals surface area contributed by atoms with Crippen LogP contribution in [0.5, 0.6) is 0 Å². The normalized spacial score (nSPS) is 11.0. The second-order valence-electron chi connectivity index (χ2n) is 18.5. The Morgan fingerprint density at radius 2 is 0.392 bits per heavy atom. The molecule has 12 aromatic carbocycles. The first-order valence-corrected chi connectivity index (χ1v) is 25.3. The van der Waals surface area contributed by atoms with E-state index in [9.17, 15) is 0 Å². The van der Waals surface area contributed by atoms with Gasteiger partial charge in [0.15, 0.2) is 0 Å². The van der Waals surface area contributed by atoms with Crippen LogP contribution in [0.25, 0.3) is 77.9 Å². The maximum Gasteiger partial charge on any atom is 0.0540 e. The van der Waals surface area contributed by atoms with Gasteiger partial charge in [0.25, 0.3) is 0 Å². The maximum atomic E-state index is 2.43. The summed E-state index contributed by atoms with van der Waals surface area (Å²) >= 11 is 0. The van der Waals surface area contributed by atoms with Crippen molar-refractivity contribution in [3.05, 3.63) is 315 Å². The molecule has 74 heavy (non-hydrogen) atoms. The highest BCUT2D eigenvalue weighted by Crippen LogP contribution is 2.49. The number of hydrogen-bond donors (Lipinski definition) is 0. The topological polar surface area (TPSA) is 6.48 Å². The van der Waals surface area contributed by atoms with Crippen molar-refractivity contribution < 1.29 is 0 Å². The lowest BCUT2D eigenvalue weighted by Gasteiger charge is -2.32. The molecule has 0 fully saturated rings. The van der Waals surface area contributed by atoms with E-state index in [1.54, 1.807) is 0 Å². The molecule has 350 valence electrons. The zero-order valence-electron chi connectivity index (χ0n) is 40.9. The van der Waals surface area contributed by atoms with E-state index in [-0.39, 0.29) is 0 Å². The first-order chi connectivity index (χ1) is 36.7. The van der Waals surface area contributed by atoms with Crippen molar-refractivity contribution >= 4 is 34.1 Å². The van der Waals surface area contributed by atoms with Crippen molar-refractivity contribution in [3.8, 4) is 77.9 Å². The molecular formula is C72H52N2. The summed E-state index contributed by atoms with van der Waals surface area (Å²) in [6.45, 7) is 0. The van der Waals surface area contributed by atoms with Crippen LogP contribution in [0.4, 0.5) is 34.1 Å². The summed E-state index contributed by atoms with van der Waals surface area (Å²) < 4.78 is 0. The van der Waals surface area contributed by atoms with Gasteiger partial charge in [-0.05, 0) is 127 Å². The first-order valence-electron chi connectivity index (χ1n) is 25.3. The van der Waals surface area contributed by atoms with Crippen LogP contribution in [0, 0.1) is 0 Å². The summed E-state index contributed by atoms with van der Waals surface area (Å²) in [5.74, 6) is 0. The number of hydrogen-bond acceptors (Lipinski definition) is 2. The number of rotatable bonds is 13. The van der Waals surface area contributed by atoms with Gasteiger partial charge in [-0.25, -0.2) is 0 Å². The zero-order chi connectivity index (χ0) is 49.5. The molecule has 0 saturated carbocycles. The second kappa shape index (κ2) is 20.9. The average molecular weight is 945 g/mol. The molecular weight excluding hydrogens is 893 g/mol. The minimum atomic E-state index is 1.05. The van der Waals surface area contributed by atoms with Crippen molar-refractivity contribution in [1.82, 2.24) is 0 Å². The van der Waals surface area contributed by atoms with E-state index in [1.807, 2.05) is 0 Å². The SMILES string of the molecule is c1ccc(-c2ccc(N(c3ccc(-c4ccccc4)c(-c4ccccc4)c3)c3ccccc3-c3ccccc3N(c3ccc(-c4ccccc4)cc3)c3ccc(-c4ccccc4)c(-c4ccccc4)c3)cc2)cc1. The van der Waals surface area contributed by atoms with Gasteiger partial charge in [-0.15, -0.1) is 0 Å². The van der Waals surface area contributed by atoms with Crippen LogP contribution in [0.1, 0.15) is 0 Å². The van der Waals surface area contributed by atoms with Gasteiger partial charge in [0.1, 0.15) is 0 Å². The highest BCUT2D eigenvalue weighted by molar-refractivity contribution is 5.98. The average Bonchev–Trinajstić information content (AvgIpc) is 3.49. The van der Waals surface area contributed by atoms with Gasteiger partial charge < -0.3 is 9.80 Å². The van der Waals surface area contributed by atoms with Crippen LogP contribution in [0.15, 0.2) is 315 Å². The van der Waals surface area contributed by atoms with Crippen molar-refractivity contribution in [2.45, 2.75) is 0 Å². The third kappa shape index (κ3) is 9.32. The molecule has 0 aliphatic carbocycles. The number of para-hydroxylation sites is 2. The van der Waals surface area contributed by atoms with Crippen LogP contribution < -0.4 is 9.80 Å². The largest absolute Gasteiger partial charge is 0.310 e. The summed E-state index contributed by atoms with van der Waals surface area (Å²) in [4.78, 5) is 4.87. The van der Waals surface area contributed by atoms with E-state index in [0.717, 1.165) is 67.5 Å². The van der Waals surface area contributed by atoms with E-state index >= 15 is 0 Å². The third-order valence-electron chi connectivity index (χ3n) is 13.9. The lowest BCUT2D eigenvalue weighted by molar-refractivity contribution is 1.27. The van der Waals surface area contributed by atoms with E-state index < -0.39 is 0 Å². The maximum absolute atomic E-state index is 2.43. The third-order valence-corrected chi connectivity index (χ3v) is 13.9. The molecule has 0 saturated heterocycles. The highest BCUT2D eigenvalue weighted by atomic mass is 15.2. The molecule has 0 heterocycles. The molecule has 0 aliphatic heterocycles. The smallest absolute Gasteiger partial charge is 0.0540 e. The molecule has 0 unspecified atom stereocenters. The fourth-order valence-electron chi connectivity index (χ4n) is 10.3. The fraction of sp³-hybridized carbons (Fsp3) is 0. The van der Waals surface area contributed by atoms with Gasteiger partial charge in [0.2, 0.25) is 0 Å². The summed E-state index contributed by atoms with van der Waals surface area (Å²) in [5, 5.41) is 0. The molecule has 2 nitrogen and oxygen atoms in total. The van der Waals surface area contributed by atoms with E-state index in [0.29, 0.717) is 0 Å². The van der Waals surface area contributed by atoms with Gasteiger partial charge in [-0.3, -0.25) is 0 Å². The standard InChI is InChI=1S/C72H52N2/c1-7-23-53(24-8-1)55-39-43-61(44-40-55)73(63-47-49-65(57-27-11-3-12-28-57)69(51-63)59-31-15-5-16-32-59)71-37-21-19-35-67(71)68-36-20-22-38-72(68)74(62-45-41-56(42-46-62)54-25-9-2-10-26-54)64-48-50-66(58-29-13-4-14-30-58)70(52-64)60-33-17-6-18-34-60/h1-52H. The fourth-order valence-corrected chi connectivity index (χ4v) is 10.3. The van der Waals surface area contributed by atoms with Crippen LogP contribution in [0.3, 0.4) is 0 Å². The monoisotopic (exact) mass is 944 g/mol. The molecule has 0 spiro atoms. The molecule has 12 aromatic rings. The highest BCUT2D eigenvalue weighted by Gasteiger charge is 2.24. The number of nitrogens with zero attached hydrogens (tertiary/aromatic N) is 2. The van der Waals surface area contributed by atoms with Crippen molar-refractivity contribution in [2.75, 3.05) is 9.80 Å². The predicted octanol–water partition coefficient (Wildman–Crippen LogP) is 20.3. The Bertz CT molecular complexity index is 3530. The predicted molar refractivity (Wildman–Crippen MR) is 314 cm³/mol. The molecule has 0 amide bonds. The lowest BCUT2D eigenvalue weighted by Crippen LogP contribution is -2.14. The van der Waals surface area contributed by atoms with Gasteiger partial charge in [0.05, 0.1) is 11.4 Å². The Hall–Kier alpha value is -9.76. The Labute approximate surface area is 435 Å². The Morgan fingerprint density at radius 3 is 0.716 bits per heavy atom. The van der Waals surface area contributed by atoms with Gasteiger partial charge in [-0.1, -0.05) is 255 Å². The molecule has 0 bridgehead atoms. The Balaban J connectivity index is 1.07. The van der Waals surface area contributed by atoms with E-state index in [1.165, 1.54) is 44.5 Å². The second-order valence-corrected chi connectivity index (χ2v) is 18.5. The zero-order valence-corrected chi connectivity index (χ0v) is 40.9. The molecule has 0 aliphatic rings. The van der Waals surface area contributed by atoms with Crippen LogP contribution in [0.2, 0.25) is 0 Å². The van der Waals surface area contributed by atoms with E-state index in [4.69, 9.17) is 0 Å². The minimum Gasteiger partial charge on any atom is -0.310 e. The van der Waals surface area contributed by atoms with Gasteiger partial charge in [-0.2, -0.15) is 0 Å². The van der Waals surface area contributed by atoms with Crippen LogP contribution in [-0.4, -0.2) is 0 Å². The molecule has 0 N–H and O–H groups in total.